The fraction of sp³-hybridized carbons (Fsp3) is 0.833. The number of hydrogen-bond acceptors (Lipinski definition) is 4. The lowest BCUT2D eigenvalue weighted by Crippen LogP contribution is -2.43. The molecule has 0 saturated carbocycles. The smallest absolute Gasteiger partial charge is 0.408 e. The van der Waals surface area contributed by atoms with Gasteiger partial charge >= 0.3 is 12.1 Å². The fourth-order valence-electron chi connectivity index (χ4n) is 1.32. The van der Waals surface area contributed by atoms with E-state index in [2.05, 4.69) is 5.32 Å². The summed E-state index contributed by atoms with van der Waals surface area (Å²) in [6, 6.07) is -0.903. The van der Waals surface area contributed by atoms with Gasteiger partial charge in [0.15, 0.2) is 0 Å². The number of ether oxygens (including phenoxy) is 1. The first-order valence-corrected chi connectivity index (χ1v) is 5.99. The number of hydrogen-bond donors (Lipinski definition) is 2. The average molecular weight is 260 g/mol. The van der Waals surface area contributed by atoms with Gasteiger partial charge in [0, 0.05) is 0 Å². The molecule has 0 aromatic heterocycles. The van der Waals surface area contributed by atoms with Crippen LogP contribution in [0.3, 0.4) is 0 Å². The van der Waals surface area contributed by atoms with Crippen LogP contribution in [0.5, 0.6) is 0 Å². The molecule has 1 amide bonds. The van der Waals surface area contributed by atoms with Crippen molar-refractivity contribution in [2.24, 2.45) is 0 Å². The van der Waals surface area contributed by atoms with E-state index < -0.39 is 23.7 Å². The lowest BCUT2D eigenvalue weighted by atomic mass is 10.1. The van der Waals surface area contributed by atoms with Gasteiger partial charge in [0.25, 0.3) is 0 Å². The van der Waals surface area contributed by atoms with Gasteiger partial charge in [0.1, 0.15) is 11.6 Å². The van der Waals surface area contributed by atoms with Crippen molar-refractivity contribution in [3.8, 4) is 0 Å². The normalized spacial score (nSPS) is 13.2. The van der Waals surface area contributed by atoms with E-state index in [0.29, 0.717) is 12.8 Å². The van der Waals surface area contributed by atoms with Crippen molar-refractivity contribution in [1.82, 2.24) is 10.2 Å². The first kappa shape index (κ1) is 16.7. The molecule has 0 aromatic carbocycles. The van der Waals surface area contributed by atoms with Crippen molar-refractivity contribution in [3.05, 3.63) is 0 Å². The Bertz CT molecular complexity index is 284. The maximum absolute atomic E-state index is 11.5. The Morgan fingerprint density at radius 3 is 2.28 bits per heavy atom. The molecule has 0 spiro atoms. The molecule has 0 fully saturated rings. The van der Waals surface area contributed by atoms with Gasteiger partial charge in [0.05, 0.1) is 0 Å². The summed E-state index contributed by atoms with van der Waals surface area (Å²) < 4.78 is 5.02. The molecule has 6 heteroatoms. The minimum Gasteiger partial charge on any atom is -0.480 e. The number of carboxylic acids is 1. The molecule has 0 aliphatic carbocycles. The number of amides is 1. The third-order valence-electron chi connectivity index (χ3n) is 2.09. The molecule has 0 rings (SSSR count). The fourth-order valence-corrected chi connectivity index (χ4v) is 1.32. The van der Waals surface area contributed by atoms with Crippen LogP contribution in [0.4, 0.5) is 4.79 Å². The van der Waals surface area contributed by atoms with Gasteiger partial charge in [-0.3, -0.25) is 0 Å². The summed E-state index contributed by atoms with van der Waals surface area (Å²) >= 11 is 0. The lowest BCUT2D eigenvalue weighted by Gasteiger charge is -2.22. The van der Waals surface area contributed by atoms with Crippen LogP contribution in [0, 0.1) is 0 Å². The number of nitrogens with one attached hydrogen (secondary N) is 1. The van der Waals surface area contributed by atoms with Crippen LogP contribution in [0.2, 0.25) is 0 Å². The van der Waals surface area contributed by atoms with Gasteiger partial charge in [-0.2, -0.15) is 0 Å². The largest absolute Gasteiger partial charge is 0.480 e. The molecule has 0 bridgehead atoms. The van der Waals surface area contributed by atoms with Crippen LogP contribution in [0.1, 0.15) is 33.6 Å². The maximum atomic E-state index is 11.5. The van der Waals surface area contributed by atoms with E-state index in [0.717, 1.165) is 6.54 Å². The first-order chi connectivity index (χ1) is 8.11. The molecular formula is C12H24N2O4. The first-order valence-electron chi connectivity index (χ1n) is 5.99. The molecule has 1 atom stereocenters. The molecule has 6 nitrogen and oxygen atoms in total. The summed E-state index contributed by atoms with van der Waals surface area (Å²) in [5.41, 5.74) is -0.628. The van der Waals surface area contributed by atoms with Gasteiger partial charge < -0.3 is 20.1 Å². The van der Waals surface area contributed by atoms with Gasteiger partial charge in [-0.15, -0.1) is 0 Å². The summed E-state index contributed by atoms with van der Waals surface area (Å²) in [6.45, 7) is 5.97. The molecule has 0 aromatic rings. The van der Waals surface area contributed by atoms with Crippen molar-refractivity contribution in [2.45, 2.75) is 45.3 Å². The molecular weight excluding hydrogens is 236 g/mol. The van der Waals surface area contributed by atoms with Crippen molar-refractivity contribution in [2.75, 3.05) is 20.6 Å². The van der Waals surface area contributed by atoms with E-state index in [-0.39, 0.29) is 0 Å². The second kappa shape index (κ2) is 7.20. The Labute approximate surface area is 108 Å². The zero-order chi connectivity index (χ0) is 14.3. The highest BCUT2D eigenvalue weighted by Gasteiger charge is 2.23. The van der Waals surface area contributed by atoms with Crippen LogP contribution in [0.25, 0.3) is 0 Å². The van der Waals surface area contributed by atoms with Crippen LogP contribution in [0.15, 0.2) is 0 Å². The van der Waals surface area contributed by atoms with Gasteiger partial charge in [-0.25, -0.2) is 9.59 Å². The standard InChI is InChI=1S/C12H24N2O4/c1-12(2,3)18-11(17)13-9(10(15)16)7-6-8-14(4)5/h9H,6-8H2,1-5H3,(H,13,17)(H,15,16). The molecule has 106 valence electrons. The van der Waals surface area contributed by atoms with Crippen LogP contribution >= 0.6 is 0 Å². The van der Waals surface area contributed by atoms with Gasteiger partial charge in [0.2, 0.25) is 0 Å². The highest BCUT2D eigenvalue weighted by atomic mass is 16.6. The maximum Gasteiger partial charge on any atom is 0.408 e. The van der Waals surface area contributed by atoms with E-state index in [4.69, 9.17) is 9.84 Å². The van der Waals surface area contributed by atoms with Gasteiger partial charge in [-0.05, 0) is 54.3 Å². The lowest BCUT2D eigenvalue weighted by molar-refractivity contribution is -0.139. The number of carbonyl (C=O) groups excluding carboxylic acids is 1. The van der Waals surface area contributed by atoms with Gasteiger partial charge in [-0.1, -0.05) is 0 Å². The monoisotopic (exact) mass is 260 g/mol. The zero-order valence-corrected chi connectivity index (χ0v) is 11.8. The van der Waals surface area contributed by atoms with E-state index >= 15 is 0 Å². The Hall–Kier alpha value is -1.30. The Morgan fingerprint density at radius 2 is 1.89 bits per heavy atom. The Balaban J connectivity index is 4.19. The minimum absolute atomic E-state index is 0.382. The predicted molar refractivity (Wildman–Crippen MR) is 68.6 cm³/mol. The molecule has 0 aliphatic rings. The number of alkyl carbamates (subject to hydrolysis) is 1. The summed E-state index contributed by atoms with van der Waals surface area (Å²) in [7, 11) is 3.83. The van der Waals surface area contributed by atoms with Crippen molar-refractivity contribution in [1.29, 1.82) is 0 Å². The Morgan fingerprint density at radius 1 is 1.33 bits per heavy atom. The van der Waals surface area contributed by atoms with E-state index in [1.807, 2.05) is 19.0 Å². The third-order valence-corrected chi connectivity index (χ3v) is 2.09. The van der Waals surface area contributed by atoms with Crippen LogP contribution in [-0.2, 0) is 9.53 Å². The molecule has 1 unspecified atom stereocenters. The topological polar surface area (TPSA) is 78.9 Å². The molecule has 0 heterocycles. The SMILES string of the molecule is CN(C)CCCC(NC(=O)OC(C)(C)C)C(=O)O. The number of carboxylic acid groups (broad SMARTS) is 1. The summed E-state index contributed by atoms with van der Waals surface area (Å²) in [5, 5.41) is 11.4. The van der Waals surface area contributed by atoms with E-state index in [9.17, 15) is 9.59 Å². The minimum atomic E-state index is -1.04. The molecule has 0 saturated heterocycles. The number of nitrogens with zero attached hydrogens (tertiary/aromatic N) is 1. The second-order valence-electron chi connectivity index (χ2n) is 5.48. The molecule has 2 N–H and O–H groups in total. The van der Waals surface area contributed by atoms with Crippen molar-refractivity contribution in [3.63, 3.8) is 0 Å². The molecule has 18 heavy (non-hydrogen) atoms. The number of carbonyl (C=O) groups is 2. The van der Waals surface area contributed by atoms with E-state index in [1.165, 1.54) is 0 Å². The average Bonchev–Trinajstić information content (AvgIpc) is 2.12. The highest BCUT2D eigenvalue weighted by molar-refractivity contribution is 5.79. The molecule has 0 aliphatic heterocycles. The number of rotatable bonds is 6. The zero-order valence-electron chi connectivity index (χ0n) is 11.8. The van der Waals surface area contributed by atoms with Crippen LogP contribution < -0.4 is 5.32 Å². The summed E-state index contributed by atoms with van der Waals surface area (Å²) in [4.78, 5) is 24.4. The third kappa shape index (κ3) is 8.81. The van der Waals surface area contributed by atoms with Crippen LogP contribution in [-0.4, -0.2) is 54.4 Å². The molecule has 0 radical (unpaired) electrons. The van der Waals surface area contributed by atoms with E-state index in [1.54, 1.807) is 20.8 Å². The van der Waals surface area contributed by atoms with Crippen molar-refractivity contribution < 1.29 is 19.4 Å². The summed E-state index contributed by atoms with van der Waals surface area (Å²) in [5.74, 6) is -1.04. The van der Waals surface area contributed by atoms with Crippen molar-refractivity contribution >= 4 is 12.1 Å². The Kier molecular flexibility index (Phi) is 6.68. The second-order valence-corrected chi connectivity index (χ2v) is 5.48. The quantitative estimate of drug-likeness (QED) is 0.752. The number of aliphatic carboxylic acids is 1. The highest BCUT2D eigenvalue weighted by Crippen LogP contribution is 2.07. The summed E-state index contributed by atoms with van der Waals surface area (Å²) in [6.07, 6.45) is 0.381. The predicted octanol–water partition coefficient (Wildman–Crippen LogP) is 1.31.